The van der Waals surface area contributed by atoms with Gasteiger partial charge in [0, 0.05) is 11.8 Å². The van der Waals surface area contributed by atoms with Crippen LogP contribution in [0.5, 0.6) is 11.5 Å². The fraction of sp³-hybridized carbons (Fsp3) is 0.273. The molecule has 0 saturated carbocycles. The largest absolute Gasteiger partial charge is 0.454 e. The van der Waals surface area contributed by atoms with Gasteiger partial charge in [-0.2, -0.15) is 0 Å². The molecule has 2 amide bonds. The number of nitrogens with zero attached hydrogens (tertiary/aromatic N) is 1. The predicted octanol–water partition coefficient (Wildman–Crippen LogP) is 0.933. The summed E-state index contributed by atoms with van der Waals surface area (Å²) >= 11 is 0. The van der Waals surface area contributed by atoms with Crippen LogP contribution in [0.25, 0.3) is 6.08 Å². The maximum Gasteiger partial charge on any atom is 0.279 e. The summed E-state index contributed by atoms with van der Waals surface area (Å²) in [4.78, 5) is 27.5. The molecule has 2 heterocycles. The van der Waals surface area contributed by atoms with E-state index in [0.29, 0.717) is 49.9 Å². The first-order valence-corrected chi connectivity index (χ1v) is 9.82. The van der Waals surface area contributed by atoms with Gasteiger partial charge in [-0.05, 0) is 48.0 Å². The molecule has 0 atom stereocenters. The molecule has 7 nitrogen and oxygen atoms in total. The molecule has 2 aliphatic heterocycles. The average Bonchev–Trinajstić information content (AvgIpc) is 3.22. The maximum absolute atomic E-state index is 12.9. The monoisotopic (exact) mass is 412 g/mol. The zero-order valence-electron chi connectivity index (χ0n) is 16.4. The Kier molecular flexibility index (Phi) is 5.94. The number of halogens is 1. The maximum atomic E-state index is 12.9. The molecule has 0 radical (unpaired) electrons. The van der Waals surface area contributed by atoms with Gasteiger partial charge in [-0.25, -0.2) is 4.39 Å². The number of nitrogens with one attached hydrogen (secondary N) is 2. The molecule has 0 unspecified atom stereocenters. The molecule has 30 heavy (non-hydrogen) atoms. The minimum absolute atomic E-state index is 0.0533. The van der Waals surface area contributed by atoms with Crippen LogP contribution >= 0.6 is 0 Å². The number of hydrogen-bond donors (Lipinski definition) is 2. The molecular formula is C22H23FN3O4+. The van der Waals surface area contributed by atoms with Crippen LogP contribution in [0.1, 0.15) is 5.56 Å². The highest BCUT2D eigenvalue weighted by molar-refractivity contribution is 5.92. The van der Waals surface area contributed by atoms with E-state index >= 15 is 0 Å². The van der Waals surface area contributed by atoms with E-state index in [4.69, 9.17) is 9.47 Å². The molecule has 2 N–H and O–H groups in total. The van der Waals surface area contributed by atoms with Crippen molar-refractivity contribution in [3.8, 4) is 11.5 Å². The number of amides is 2. The summed E-state index contributed by atoms with van der Waals surface area (Å²) < 4.78 is 23.6. The molecule has 0 aromatic heterocycles. The smallest absolute Gasteiger partial charge is 0.279 e. The lowest BCUT2D eigenvalue weighted by molar-refractivity contribution is -0.895. The summed E-state index contributed by atoms with van der Waals surface area (Å²) in [5.41, 5.74) is 1.44. The number of carbonyl (C=O) groups excluding carboxylic acids is 2. The van der Waals surface area contributed by atoms with Crippen molar-refractivity contribution in [1.29, 1.82) is 0 Å². The Morgan fingerprint density at radius 3 is 2.57 bits per heavy atom. The van der Waals surface area contributed by atoms with Crippen molar-refractivity contribution in [2.45, 2.75) is 0 Å². The summed E-state index contributed by atoms with van der Waals surface area (Å²) in [6, 6.07) is 11.2. The van der Waals surface area contributed by atoms with E-state index in [0.717, 1.165) is 10.5 Å². The number of carbonyl (C=O) groups is 2. The number of piperazine rings is 1. The number of hydrogen-bond acceptors (Lipinski definition) is 4. The Labute approximate surface area is 173 Å². The lowest BCUT2D eigenvalue weighted by Gasteiger charge is -2.31. The lowest BCUT2D eigenvalue weighted by atomic mass is 10.2. The van der Waals surface area contributed by atoms with Gasteiger partial charge >= 0.3 is 0 Å². The van der Waals surface area contributed by atoms with Gasteiger partial charge in [0.1, 0.15) is 5.82 Å². The third-order valence-electron chi connectivity index (χ3n) is 5.14. The highest BCUT2D eigenvalue weighted by Crippen LogP contribution is 2.32. The van der Waals surface area contributed by atoms with Gasteiger partial charge in [0.05, 0.1) is 26.2 Å². The summed E-state index contributed by atoms with van der Waals surface area (Å²) in [6.07, 6.45) is 3.32. The summed E-state index contributed by atoms with van der Waals surface area (Å²) in [7, 11) is 0. The van der Waals surface area contributed by atoms with E-state index in [-0.39, 0.29) is 24.4 Å². The van der Waals surface area contributed by atoms with E-state index in [1.807, 2.05) is 18.2 Å². The number of fused-ring (bicyclic) bond motifs is 1. The third kappa shape index (κ3) is 4.96. The minimum atomic E-state index is -0.341. The molecule has 2 aromatic carbocycles. The molecule has 2 aliphatic rings. The second kappa shape index (κ2) is 8.96. The van der Waals surface area contributed by atoms with Gasteiger partial charge in [-0.15, -0.1) is 0 Å². The zero-order chi connectivity index (χ0) is 20.9. The van der Waals surface area contributed by atoms with Crippen LogP contribution in [0.3, 0.4) is 0 Å². The Balaban J connectivity index is 1.23. The second-order valence-electron chi connectivity index (χ2n) is 7.25. The first-order chi connectivity index (χ1) is 14.6. The number of rotatable bonds is 5. The number of ether oxygens (including phenoxy) is 2. The molecular weight excluding hydrogens is 389 g/mol. The van der Waals surface area contributed by atoms with Crippen LogP contribution in [-0.2, 0) is 9.59 Å². The van der Waals surface area contributed by atoms with Gasteiger partial charge in [0.2, 0.25) is 12.7 Å². The number of benzene rings is 2. The molecule has 0 aliphatic carbocycles. The summed E-state index contributed by atoms with van der Waals surface area (Å²) in [5, 5.41) is 2.77. The van der Waals surface area contributed by atoms with Crippen LogP contribution in [0.4, 0.5) is 10.1 Å². The van der Waals surface area contributed by atoms with Crippen LogP contribution in [0.2, 0.25) is 0 Å². The molecule has 4 rings (SSSR count). The summed E-state index contributed by atoms with van der Waals surface area (Å²) in [5.74, 6) is 0.871. The minimum Gasteiger partial charge on any atom is -0.454 e. The Morgan fingerprint density at radius 1 is 1.07 bits per heavy atom. The van der Waals surface area contributed by atoms with Gasteiger partial charge in [-0.3, -0.25) is 9.59 Å². The van der Waals surface area contributed by atoms with Gasteiger partial charge in [-0.1, -0.05) is 6.07 Å². The van der Waals surface area contributed by atoms with Gasteiger partial charge in [0.25, 0.3) is 5.91 Å². The third-order valence-corrected chi connectivity index (χ3v) is 5.14. The molecule has 2 aromatic rings. The fourth-order valence-electron chi connectivity index (χ4n) is 3.48. The van der Waals surface area contributed by atoms with Crippen LogP contribution in [0, 0.1) is 5.82 Å². The summed E-state index contributed by atoms with van der Waals surface area (Å²) in [6.45, 7) is 3.09. The lowest BCUT2D eigenvalue weighted by Crippen LogP contribution is -3.15. The van der Waals surface area contributed by atoms with Crippen LogP contribution in [0.15, 0.2) is 48.5 Å². The van der Waals surface area contributed by atoms with Gasteiger partial charge < -0.3 is 24.6 Å². The molecule has 8 heteroatoms. The number of anilines is 1. The highest BCUT2D eigenvalue weighted by atomic mass is 19.1. The van der Waals surface area contributed by atoms with Crippen molar-refractivity contribution in [3.05, 3.63) is 59.9 Å². The SMILES string of the molecule is O=C(C[NH+]1CCN(C(=O)/C=C/c2ccc3c(c2)OCO3)CC1)Nc1ccc(F)cc1. The zero-order valence-corrected chi connectivity index (χ0v) is 16.4. The quantitative estimate of drug-likeness (QED) is 0.717. The highest BCUT2D eigenvalue weighted by Gasteiger charge is 2.24. The van der Waals surface area contributed by atoms with E-state index in [1.165, 1.54) is 24.3 Å². The van der Waals surface area contributed by atoms with Crippen molar-refractivity contribution < 1.29 is 28.4 Å². The van der Waals surface area contributed by atoms with E-state index < -0.39 is 0 Å². The first kappa shape index (κ1) is 19.9. The normalized spacial score (nSPS) is 16.1. The van der Waals surface area contributed by atoms with Crippen LogP contribution < -0.4 is 19.7 Å². The first-order valence-electron chi connectivity index (χ1n) is 9.82. The molecule has 1 fully saturated rings. The van der Waals surface area contributed by atoms with Crippen molar-refractivity contribution in [3.63, 3.8) is 0 Å². The Morgan fingerprint density at radius 2 is 1.80 bits per heavy atom. The standard InChI is InChI=1S/C22H22FN3O4/c23-17-3-5-18(6-4-17)24-21(27)14-25-9-11-26(12-10-25)22(28)8-2-16-1-7-19-20(13-16)30-15-29-19/h1-8,13H,9-12,14-15H2,(H,24,27)/p+1/b8-2+. The predicted molar refractivity (Wildman–Crippen MR) is 109 cm³/mol. The molecule has 0 bridgehead atoms. The van der Waals surface area contributed by atoms with Crippen molar-refractivity contribution in [2.75, 3.05) is 44.8 Å². The van der Waals surface area contributed by atoms with E-state index in [1.54, 1.807) is 17.1 Å². The Bertz CT molecular complexity index is 953. The van der Waals surface area contributed by atoms with Crippen molar-refractivity contribution in [1.82, 2.24) is 4.90 Å². The molecule has 0 spiro atoms. The van der Waals surface area contributed by atoms with E-state index in [9.17, 15) is 14.0 Å². The fourth-order valence-corrected chi connectivity index (χ4v) is 3.48. The van der Waals surface area contributed by atoms with Gasteiger partial charge in [0.15, 0.2) is 18.0 Å². The van der Waals surface area contributed by atoms with Crippen molar-refractivity contribution >= 4 is 23.6 Å². The average molecular weight is 412 g/mol. The number of quaternary nitrogens is 1. The van der Waals surface area contributed by atoms with Crippen molar-refractivity contribution in [2.24, 2.45) is 0 Å². The topological polar surface area (TPSA) is 72.3 Å². The van der Waals surface area contributed by atoms with E-state index in [2.05, 4.69) is 5.32 Å². The molecule has 156 valence electrons. The Hall–Kier alpha value is -3.39. The second-order valence-corrected chi connectivity index (χ2v) is 7.25. The van der Waals surface area contributed by atoms with Crippen LogP contribution in [-0.4, -0.2) is 56.2 Å². The molecule has 1 saturated heterocycles.